The standard InChI is InChI=1S/C31H56N2O7/c1-5-6-7-8-9-10-11-12-13-14-15-19-26(34)40-25(21-20-23(2)3)27(35)28(36)29(39-4)31(38)33-24-18-16-17-22-32-30(24)37/h20-21,23-25,27-29,35-36H,5-19,22H2,1-4H3,(H,32,37)(H,33,38)/b21-20+/t24-,25+,27-,28+,29+/m0/s1. The van der Waals surface area contributed by atoms with Crippen LogP contribution in [-0.2, 0) is 23.9 Å². The molecule has 1 aliphatic heterocycles. The van der Waals surface area contributed by atoms with Crippen molar-refractivity contribution < 1.29 is 34.1 Å². The van der Waals surface area contributed by atoms with Gasteiger partial charge in [0.15, 0.2) is 6.10 Å². The van der Waals surface area contributed by atoms with Gasteiger partial charge in [-0.2, -0.15) is 0 Å². The van der Waals surface area contributed by atoms with Crippen LogP contribution in [0.1, 0.15) is 117 Å². The van der Waals surface area contributed by atoms with Gasteiger partial charge in [-0.25, -0.2) is 0 Å². The van der Waals surface area contributed by atoms with Crippen molar-refractivity contribution in [3.63, 3.8) is 0 Å². The summed E-state index contributed by atoms with van der Waals surface area (Å²) in [6.45, 7) is 6.65. The minimum absolute atomic E-state index is 0.118. The number of ether oxygens (including phenoxy) is 2. The van der Waals surface area contributed by atoms with Crippen molar-refractivity contribution in [1.82, 2.24) is 10.6 Å². The molecule has 5 atom stereocenters. The number of unbranched alkanes of at least 4 members (excludes halogenated alkanes) is 10. The Kier molecular flexibility index (Phi) is 19.6. The first kappa shape index (κ1) is 36.1. The summed E-state index contributed by atoms with van der Waals surface area (Å²) in [6, 6.07) is -0.739. The molecule has 232 valence electrons. The molecule has 0 bridgehead atoms. The third-order valence-corrected chi connectivity index (χ3v) is 7.30. The number of aliphatic hydroxyl groups is 2. The molecular formula is C31H56N2O7. The van der Waals surface area contributed by atoms with E-state index in [4.69, 9.17) is 9.47 Å². The molecule has 40 heavy (non-hydrogen) atoms. The largest absolute Gasteiger partial charge is 0.455 e. The van der Waals surface area contributed by atoms with E-state index in [0.29, 0.717) is 19.4 Å². The molecule has 0 radical (unpaired) electrons. The molecule has 0 aromatic rings. The third kappa shape index (κ3) is 15.1. The predicted octanol–water partition coefficient (Wildman–Crippen LogP) is 4.33. The van der Waals surface area contributed by atoms with Gasteiger partial charge in [0.05, 0.1) is 0 Å². The van der Waals surface area contributed by atoms with Gasteiger partial charge in [-0.05, 0) is 37.7 Å². The molecule has 4 N–H and O–H groups in total. The molecule has 1 heterocycles. The van der Waals surface area contributed by atoms with Crippen LogP contribution in [0.3, 0.4) is 0 Å². The maximum atomic E-state index is 12.9. The van der Waals surface area contributed by atoms with Crippen molar-refractivity contribution in [2.75, 3.05) is 13.7 Å². The molecule has 1 aliphatic rings. The maximum Gasteiger partial charge on any atom is 0.306 e. The van der Waals surface area contributed by atoms with Gasteiger partial charge in [0.2, 0.25) is 5.91 Å². The zero-order chi connectivity index (χ0) is 29.8. The number of hydrogen-bond acceptors (Lipinski definition) is 7. The van der Waals surface area contributed by atoms with E-state index in [1.807, 2.05) is 13.8 Å². The summed E-state index contributed by atoms with van der Waals surface area (Å²) in [6.07, 6.45) is 12.6. The van der Waals surface area contributed by atoms with Gasteiger partial charge in [0.1, 0.15) is 24.4 Å². The first-order chi connectivity index (χ1) is 19.2. The molecule has 0 unspecified atom stereocenters. The molecule has 0 spiro atoms. The summed E-state index contributed by atoms with van der Waals surface area (Å²) in [5.74, 6) is -1.35. The number of esters is 1. The van der Waals surface area contributed by atoms with Crippen molar-refractivity contribution in [3.05, 3.63) is 12.2 Å². The number of nitrogens with one attached hydrogen (secondary N) is 2. The quantitative estimate of drug-likeness (QED) is 0.0920. The summed E-state index contributed by atoms with van der Waals surface area (Å²) >= 11 is 0. The van der Waals surface area contributed by atoms with Gasteiger partial charge in [-0.15, -0.1) is 0 Å². The zero-order valence-corrected chi connectivity index (χ0v) is 25.4. The number of carbonyl (C=O) groups excluding carboxylic acids is 3. The molecule has 1 fully saturated rings. The Bertz CT molecular complexity index is 743. The molecule has 0 saturated carbocycles. The molecule has 9 nitrogen and oxygen atoms in total. The van der Waals surface area contributed by atoms with Crippen molar-refractivity contribution in [2.24, 2.45) is 5.92 Å². The maximum absolute atomic E-state index is 12.9. The molecule has 9 heteroatoms. The van der Waals surface area contributed by atoms with E-state index in [2.05, 4.69) is 17.6 Å². The fraction of sp³-hybridized carbons (Fsp3) is 0.839. The normalized spacial score (nSPS) is 19.1. The van der Waals surface area contributed by atoms with Gasteiger partial charge in [0, 0.05) is 20.1 Å². The van der Waals surface area contributed by atoms with Gasteiger partial charge in [0.25, 0.3) is 5.91 Å². The van der Waals surface area contributed by atoms with E-state index in [1.165, 1.54) is 52.1 Å². The first-order valence-electron chi connectivity index (χ1n) is 15.6. The molecule has 1 saturated heterocycles. The van der Waals surface area contributed by atoms with Gasteiger partial charge in [-0.3, -0.25) is 14.4 Å². The van der Waals surface area contributed by atoms with Gasteiger partial charge >= 0.3 is 5.97 Å². The number of hydrogen-bond donors (Lipinski definition) is 4. The van der Waals surface area contributed by atoms with Crippen LogP contribution < -0.4 is 10.6 Å². The SMILES string of the molecule is CCCCCCCCCCCCCC(=O)O[C@H](/C=C/C(C)C)[C@H](O)[C@@H](O)[C@@H](OC)C(=O)N[C@H]1CCCCNC1=O. The van der Waals surface area contributed by atoms with E-state index in [9.17, 15) is 24.6 Å². The zero-order valence-electron chi connectivity index (χ0n) is 25.4. The Morgan fingerprint density at radius 2 is 1.55 bits per heavy atom. The van der Waals surface area contributed by atoms with Gasteiger partial charge in [-0.1, -0.05) is 91.1 Å². The Morgan fingerprint density at radius 3 is 2.12 bits per heavy atom. The van der Waals surface area contributed by atoms with E-state index in [0.717, 1.165) is 32.1 Å². The van der Waals surface area contributed by atoms with Crippen LogP contribution >= 0.6 is 0 Å². The van der Waals surface area contributed by atoms with E-state index in [1.54, 1.807) is 12.2 Å². The van der Waals surface area contributed by atoms with Crippen LogP contribution in [0.5, 0.6) is 0 Å². The Morgan fingerprint density at radius 1 is 0.950 bits per heavy atom. The molecule has 0 aromatic heterocycles. The molecule has 1 rings (SSSR count). The number of methoxy groups -OCH3 is 1. The lowest BCUT2D eigenvalue weighted by Gasteiger charge is -2.30. The molecular weight excluding hydrogens is 512 g/mol. The first-order valence-corrected chi connectivity index (χ1v) is 15.6. The monoisotopic (exact) mass is 568 g/mol. The fourth-order valence-electron chi connectivity index (χ4n) is 4.80. The summed E-state index contributed by atoms with van der Waals surface area (Å²) in [5.41, 5.74) is 0. The Balaban J connectivity index is 2.57. The number of aliphatic hydroxyl groups excluding tert-OH is 2. The summed E-state index contributed by atoms with van der Waals surface area (Å²) in [4.78, 5) is 37.7. The lowest BCUT2D eigenvalue weighted by Crippen LogP contribution is -2.55. The highest BCUT2D eigenvalue weighted by molar-refractivity contribution is 5.89. The predicted molar refractivity (Wildman–Crippen MR) is 157 cm³/mol. The number of rotatable bonds is 21. The topological polar surface area (TPSA) is 134 Å². The highest BCUT2D eigenvalue weighted by Gasteiger charge is 2.38. The van der Waals surface area contributed by atoms with E-state index < -0.39 is 42.3 Å². The molecule has 0 aromatic carbocycles. The molecule has 0 aliphatic carbocycles. The summed E-state index contributed by atoms with van der Waals surface area (Å²) < 4.78 is 10.8. The summed E-state index contributed by atoms with van der Waals surface area (Å²) in [7, 11) is 1.24. The Labute approximate surface area is 241 Å². The van der Waals surface area contributed by atoms with Crippen LogP contribution in [0, 0.1) is 5.92 Å². The van der Waals surface area contributed by atoms with Crippen molar-refractivity contribution in [2.45, 2.75) is 148 Å². The van der Waals surface area contributed by atoms with Crippen LogP contribution in [0.4, 0.5) is 0 Å². The van der Waals surface area contributed by atoms with E-state index in [-0.39, 0.29) is 18.2 Å². The lowest BCUT2D eigenvalue weighted by molar-refractivity contribution is -0.164. The fourth-order valence-corrected chi connectivity index (χ4v) is 4.80. The average Bonchev–Trinajstić information content (AvgIpc) is 3.13. The number of amides is 2. The minimum atomic E-state index is -1.68. The second-order valence-corrected chi connectivity index (χ2v) is 11.4. The second kappa shape index (κ2) is 21.7. The van der Waals surface area contributed by atoms with Crippen molar-refractivity contribution in [3.8, 4) is 0 Å². The molecule has 2 amide bonds. The Hall–Kier alpha value is -1.97. The van der Waals surface area contributed by atoms with E-state index >= 15 is 0 Å². The van der Waals surface area contributed by atoms with Crippen LogP contribution in [0.25, 0.3) is 0 Å². The van der Waals surface area contributed by atoms with Crippen LogP contribution in [0.2, 0.25) is 0 Å². The number of carbonyl (C=O) groups is 3. The lowest BCUT2D eigenvalue weighted by atomic mass is 10.00. The highest BCUT2D eigenvalue weighted by atomic mass is 16.6. The minimum Gasteiger partial charge on any atom is -0.455 e. The van der Waals surface area contributed by atoms with Crippen molar-refractivity contribution >= 4 is 17.8 Å². The van der Waals surface area contributed by atoms with Crippen LogP contribution in [0.15, 0.2) is 12.2 Å². The van der Waals surface area contributed by atoms with Gasteiger partial charge < -0.3 is 30.3 Å². The third-order valence-electron chi connectivity index (χ3n) is 7.30. The summed E-state index contributed by atoms with van der Waals surface area (Å²) in [5, 5.41) is 27.2. The van der Waals surface area contributed by atoms with Crippen molar-refractivity contribution in [1.29, 1.82) is 0 Å². The smallest absolute Gasteiger partial charge is 0.306 e. The number of allylic oxidation sites excluding steroid dienone is 1. The highest BCUT2D eigenvalue weighted by Crippen LogP contribution is 2.17. The second-order valence-electron chi connectivity index (χ2n) is 11.4. The average molecular weight is 569 g/mol. The van der Waals surface area contributed by atoms with Crippen LogP contribution in [-0.4, -0.2) is 72.1 Å².